The largest absolute Gasteiger partial charge is 0.351 e. The Balaban J connectivity index is 1.79. The van der Waals surface area contributed by atoms with Crippen molar-refractivity contribution in [3.8, 4) is 0 Å². The molecular weight excluding hydrogens is 316 g/mol. The number of piperidine rings is 1. The quantitative estimate of drug-likeness (QED) is 0.738. The zero-order valence-corrected chi connectivity index (χ0v) is 14.8. The first-order valence-electron chi connectivity index (χ1n) is 8.62. The molecule has 0 amide bonds. The Morgan fingerprint density at radius 2 is 1.96 bits per heavy atom. The van der Waals surface area contributed by atoms with Crippen LogP contribution >= 0.6 is 0 Å². The number of hydrogen-bond donors (Lipinski definition) is 1. The molecule has 0 unspecified atom stereocenters. The van der Waals surface area contributed by atoms with E-state index in [0.29, 0.717) is 23.2 Å². The van der Waals surface area contributed by atoms with E-state index in [0.717, 1.165) is 54.6 Å². The molecule has 1 aliphatic rings. The summed E-state index contributed by atoms with van der Waals surface area (Å²) in [5.41, 5.74) is 3.89. The first-order chi connectivity index (χ1) is 12.1. The van der Waals surface area contributed by atoms with Gasteiger partial charge in [-0.2, -0.15) is 4.98 Å². The number of aldehydes is 1. The third-order valence-electron chi connectivity index (χ3n) is 5.10. The first kappa shape index (κ1) is 16.0. The number of fused-ring (bicyclic) bond motifs is 3. The highest BCUT2D eigenvalue weighted by molar-refractivity contribution is 5.92. The van der Waals surface area contributed by atoms with Crippen molar-refractivity contribution < 1.29 is 4.79 Å². The van der Waals surface area contributed by atoms with E-state index in [2.05, 4.69) is 27.2 Å². The van der Waals surface area contributed by atoms with Gasteiger partial charge in [0, 0.05) is 23.3 Å². The summed E-state index contributed by atoms with van der Waals surface area (Å²) in [6, 6.07) is 2.20. The number of rotatable bonds is 3. The molecule has 4 rings (SSSR count). The average Bonchev–Trinajstić information content (AvgIpc) is 2.92. The van der Waals surface area contributed by atoms with E-state index in [1.165, 1.54) is 0 Å². The molecule has 1 saturated heterocycles. The maximum Gasteiger partial charge on any atom is 0.224 e. The molecule has 0 spiro atoms. The van der Waals surface area contributed by atoms with Crippen LogP contribution in [0.5, 0.6) is 0 Å². The lowest BCUT2D eigenvalue weighted by atomic mass is 10.1. The molecule has 130 valence electrons. The van der Waals surface area contributed by atoms with Gasteiger partial charge in [-0.25, -0.2) is 9.97 Å². The van der Waals surface area contributed by atoms with Crippen LogP contribution in [-0.2, 0) is 0 Å². The molecule has 7 nitrogen and oxygen atoms in total. The molecule has 3 aromatic rings. The van der Waals surface area contributed by atoms with E-state index in [-0.39, 0.29) is 0 Å². The fourth-order valence-electron chi connectivity index (χ4n) is 3.45. The third kappa shape index (κ3) is 2.74. The lowest BCUT2D eigenvalue weighted by Gasteiger charge is -2.29. The highest BCUT2D eigenvalue weighted by Gasteiger charge is 2.18. The number of imidazole rings is 1. The smallest absolute Gasteiger partial charge is 0.224 e. The van der Waals surface area contributed by atoms with Gasteiger partial charge in [0.05, 0.1) is 11.3 Å². The van der Waals surface area contributed by atoms with Crippen LogP contribution in [-0.4, -0.2) is 56.7 Å². The number of carbonyl (C=O) groups excluding carboxylic acids is 1. The molecule has 7 heteroatoms. The van der Waals surface area contributed by atoms with E-state index >= 15 is 0 Å². The van der Waals surface area contributed by atoms with Crippen molar-refractivity contribution in [1.82, 2.24) is 24.3 Å². The highest BCUT2D eigenvalue weighted by atomic mass is 16.1. The fourth-order valence-corrected chi connectivity index (χ4v) is 3.45. The Labute approximate surface area is 146 Å². The molecule has 0 aliphatic carbocycles. The minimum atomic E-state index is 0.393. The van der Waals surface area contributed by atoms with Gasteiger partial charge in [0.2, 0.25) is 5.95 Å². The second-order valence-corrected chi connectivity index (χ2v) is 6.85. The van der Waals surface area contributed by atoms with Gasteiger partial charge in [-0.1, -0.05) is 0 Å². The van der Waals surface area contributed by atoms with Crippen molar-refractivity contribution in [2.24, 2.45) is 0 Å². The van der Waals surface area contributed by atoms with Gasteiger partial charge in [0.15, 0.2) is 11.9 Å². The van der Waals surface area contributed by atoms with E-state index in [4.69, 9.17) is 4.98 Å². The summed E-state index contributed by atoms with van der Waals surface area (Å²) in [5.74, 6) is 0.632. The number of likely N-dealkylation sites (tertiary alicyclic amines) is 1. The molecule has 1 aliphatic heterocycles. The van der Waals surface area contributed by atoms with Crippen LogP contribution in [0.25, 0.3) is 16.7 Å². The van der Waals surface area contributed by atoms with E-state index < -0.39 is 0 Å². The minimum absolute atomic E-state index is 0.393. The molecular formula is C18H22N6O. The molecule has 1 fully saturated rings. The summed E-state index contributed by atoms with van der Waals surface area (Å²) in [6.45, 7) is 6.10. The number of aryl methyl sites for hydroxylation is 2. The van der Waals surface area contributed by atoms with Crippen LogP contribution in [0.2, 0.25) is 0 Å². The van der Waals surface area contributed by atoms with Crippen LogP contribution in [0, 0.1) is 13.8 Å². The second kappa shape index (κ2) is 6.07. The van der Waals surface area contributed by atoms with Crippen LogP contribution < -0.4 is 5.32 Å². The summed E-state index contributed by atoms with van der Waals surface area (Å²) >= 11 is 0. The van der Waals surface area contributed by atoms with Crippen LogP contribution in [0.3, 0.4) is 0 Å². The Hall–Kier alpha value is -2.54. The Morgan fingerprint density at radius 1 is 1.20 bits per heavy atom. The van der Waals surface area contributed by atoms with Crippen molar-refractivity contribution in [3.05, 3.63) is 29.2 Å². The molecule has 0 saturated carbocycles. The Bertz CT molecular complexity index is 955. The summed E-state index contributed by atoms with van der Waals surface area (Å²) in [4.78, 5) is 27.5. The van der Waals surface area contributed by atoms with Gasteiger partial charge in [0.1, 0.15) is 5.65 Å². The first-order valence-corrected chi connectivity index (χ1v) is 8.62. The number of aromatic nitrogens is 4. The summed E-state index contributed by atoms with van der Waals surface area (Å²) in [7, 11) is 2.15. The van der Waals surface area contributed by atoms with Crippen molar-refractivity contribution in [2.45, 2.75) is 32.7 Å². The van der Waals surface area contributed by atoms with Crippen molar-refractivity contribution in [1.29, 1.82) is 0 Å². The van der Waals surface area contributed by atoms with E-state index in [9.17, 15) is 4.79 Å². The van der Waals surface area contributed by atoms with Crippen molar-refractivity contribution >= 4 is 28.9 Å². The molecule has 1 N–H and O–H groups in total. The summed E-state index contributed by atoms with van der Waals surface area (Å²) in [6.07, 6.45) is 4.79. The van der Waals surface area contributed by atoms with Gasteiger partial charge in [-0.15, -0.1) is 0 Å². The predicted molar refractivity (Wildman–Crippen MR) is 97.3 cm³/mol. The van der Waals surface area contributed by atoms with Gasteiger partial charge >= 0.3 is 0 Å². The number of carbonyl (C=O) groups is 1. The minimum Gasteiger partial charge on any atom is -0.351 e. The van der Waals surface area contributed by atoms with Gasteiger partial charge in [0.25, 0.3) is 0 Å². The number of nitrogens with zero attached hydrogens (tertiary/aromatic N) is 5. The van der Waals surface area contributed by atoms with Crippen LogP contribution in [0.4, 0.5) is 5.95 Å². The highest BCUT2D eigenvalue weighted by Crippen LogP contribution is 2.23. The molecule has 0 radical (unpaired) electrons. The summed E-state index contributed by atoms with van der Waals surface area (Å²) in [5, 5.41) is 4.30. The maximum atomic E-state index is 11.4. The third-order valence-corrected chi connectivity index (χ3v) is 5.10. The zero-order valence-electron chi connectivity index (χ0n) is 14.8. The standard InChI is InChI=1S/C18H22N6O/c1-11-12(2)24-16-13(8-14(10-25)17(24)20-11)9-19-18(22-16)21-15-4-6-23(3)7-5-15/h8-10,15H,4-7H2,1-3H3,(H,19,21,22). The zero-order chi connectivity index (χ0) is 17.6. The second-order valence-electron chi connectivity index (χ2n) is 6.85. The number of hydrogen-bond acceptors (Lipinski definition) is 6. The van der Waals surface area contributed by atoms with Crippen LogP contribution in [0.15, 0.2) is 12.3 Å². The normalized spacial score (nSPS) is 16.6. The topological polar surface area (TPSA) is 75.4 Å². The molecule has 0 bridgehead atoms. The average molecular weight is 338 g/mol. The number of nitrogens with one attached hydrogen (secondary N) is 1. The van der Waals surface area contributed by atoms with Crippen molar-refractivity contribution in [2.75, 3.05) is 25.5 Å². The number of pyridine rings is 1. The van der Waals surface area contributed by atoms with E-state index in [1.54, 1.807) is 6.20 Å². The lowest BCUT2D eigenvalue weighted by molar-refractivity contribution is 0.112. The monoisotopic (exact) mass is 338 g/mol. The lowest BCUT2D eigenvalue weighted by Crippen LogP contribution is -2.37. The molecule has 3 aromatic heterocycles. The fraction of sp³-hybridized carbons (Fsp3) is 0.444. The Kier molecular flexibility index (Phi) is 3.88. The van der Waals surface area contributed by atoms with E-state index in [1.807, 2.05) is 24.3 Å². The van der Waals surface area contributed by atoms with Gasteiger partial charge < -0.3 is 10.2 Å². The summed E-state index contributed by atoms with van der Waals surface area (Å²) < 4.78 is 1.95. The molecule has 0 aromatic carbocycles. The SMILES string of the molecule is Cc1nc2c(C=O)cc3cnc(NC4CCN(C)CC4)nc3n2c1C. The van der Waals surface area contributed by atoms with Crippen LogP contribution in [0.1, 0.15) is 34.6 Å². The molecule has 0 atom stereocenters. The maximum absolute atomic E-state index is 11.4. The Morgan fingerprint density at radius 3 is 2.68 bits per heavy atom. The van der Waals surface area contributed by atoms with Crippen molar-refractivity contribution in [3.63, 3.8) is 0 Å². The predicted octanol–water partition coefficient (Wildman–Crippen LogP) is 2.21. The molecule has 4 heterocycles. The molecule has 25 heavy (non-hydrogen) atoms. The number of anilines is 1. The van der Waals surface area contributed by atoms with Gasteiger partial charge in [-0.05, 0) is 52.9 Å². The van der Waals surface area contributed by atoms with Gasteiger partial charge in [-0.3, -0.25) is 9.20 Å².